The second kappa shape index (κ2) is 6.35. The number of ether oxygens (including phenoxy) is 1. The van der Waals surface area contributed by atoms with Crippen LogP contribution in [0.1, 0.15) is 36.1 Å². The van der Waals surface area contributed by atoms with Crippen molar-refractivity contribution in [3.63, 3.8) is 0 Å². The first-order valence-electron chi connectivity index (χ1n) is 7.81. The third-order valence-electron chi connectivity index (χ3n) is 4.03. The fourth-order valence-electron chi connectivity index (χ4n) is 3.08. The summed E-state index contributed by atoms with van der Waals surface area (Å²) in [7, 11) is 0. The van der Waals surface area contributed by atoms with Crippen LogP contribution in [0, 0.1) is 6.92 Å². The van der Waals surface area contributed by atoms with Crippen LogP contribution in [0.3, 0.4) is 0 Å². The van der Waals surface area contributed by atoms with Gasteiger partial charge in [0.2, 0.25) is 5.91 Å². The molecule has 1 aliphatic rings. The lowest BCUT2D eigenvalue weighted by molar-refractivity contribution is -0.144. The number of fused-ring (bicyclic) bond motifs is 1. The Morgan fingerprint density at radius 2 is 2.29 bits per heavy atom. The average Bonchev–Trinajstić information content (AvgIpc) is 2.82. The molecule has 0 saturated carbocycles. The van der Waals surface area contributed by atoms with Gasteiger partial charge in [-0.1, -0.05) is 12.1 Å². The number of aryl methyl sites for hydroxylation is 1. The molecule has 0 aliphatic carbocycles. The number of nitrogens with zero attached hydrogens (tertiary/aromatic N) is 2. The Morgan fingerprint density at radius 3 is 3.00 bits per heavy atom. The molecule has 2 heterocycles. The van der Waals surface area contributed by atoms with Gasteiger partial charge in [-0.25, -0.2) is 4.68 Å². The number of phenols is 1. The minimum atomic E-state index is -0.406. The third kappa shape index (κ3) is 2.97. The molecule has 0 bridgehead atoms. The number of phenolic OH excluding ortho intramolecular Hbond substituents is 1. The first-order valence-corrected chi connectivity index (χ1v) is 7.81. The molecule has 1 aliphatic heterocycles. The van der Waals surface area contributed by atoms with E-state index < -0.39 is 5.97 Å². The van der Waals surface area contributed by atoms with Crippen LogP contribution in [0.5, 0.6) is 5.75 Å². The van der Waals surface area contributed by atoms with Crippen molar-refractivity contribution in [1.82, 2.24) is 9.78 Å². The van der Waals surface area contributed by atoms with E-state index in [1.165, 1.54) is 4.68 Å². The molecule has 2 N–H and O–H groups in total. The number of amides is 1. The van der Waals surface area contributed by atoms with Crippen molar-refractivity contribution in [2.75, 3.05) is 11.9 Å². The van der Waals surface area contributed by atoms with Crippen molar-refractivity contribution in [3.8, 4) is 5.75 Å². The van der Waals surface area contributed by atoms with Crippen LogP contribution in [0.25, 0.3) is 0 Å². The van der Waals surface area contributed by atoms with Crippen molar-refractivity contribution < 1.29 is 19.4 Å². The van der Waals surface area contributed by atoms with Gasteiger partial charge in [0.1, 0.15) is 18.1 Å². The van der Waals surface area contributed by atoms with Crippen molar-refractivity contribution in [3.05, 3.63) is 41.1 Å². The lowest BCUT2D eigenvalue weighted by Crippen LogP contribution is -2.26. The SMILES string of the molecule is CCOC(=O)Cn1nc(C)c2c1NC(=O)C[C@@H]2c1cccc(O)c1. The zero-order valence-electron chi connectivity index (χ0n) is 13.6. The Balaban J connectivity index is 2.02. The van der Waals surface area contributed by atoms with Gasteiger partial charge in [0, 0.05) is 17.9 Å². The minimum absolute atomic E-state index is 0.0585. The Hall–Kier alpha value is -2.83. The molecule has 3 rings (SSSR count). The number of carbonyl (C=O) groups is 2. The van der Waals surface area contributed by atoms with Crippen LogP contribution < -0.4 is 5.32 Å². The van der Waals surface area contributed by atoms with Gasteiger partial charge in [0.15, 0.2) is 0 Å². The number of benzene rings is 1. The van der Waals surface area contributed by atoms with E-state index in [4.69, 9.17) is 4.74 Å². The monoisotopic (exact) mass is 329 g/mol. The maximum absolute atomic E-state index is 12.1. The van der Waals surface area contributed by atoms with Crippen molar-refractivity contribution >= 4 is 17.7 Å². The van der Waals surface area contributed by atoms with Gasteiger partial charge in [-0.15, -0.1) is 0 Å². The molecule has 1 amide bonds. The fourth-order valence-corrected chi connectivity index (χ4v) is 3.08. The van der Waals surface area contributed by atoms with Crippen LogP contribution in [0.2, 0.25) is 0 Å². The van der Waals surface area contributed by atoms with Crippen LogP contribution in [-0.4, -0.2) is 33.4 Å². The maximum atomic E-state index is 12.1. The van der Waals surface area contributed by atoms with Crippen molar-refractivity contribution in [2.24, 2.45) is 0 Å². The average molecular weight is 329 g/mol. The number of aromatic nitrogens is 2. The largest absolute Gasteiger partial charge is 0.508 e. The van der Waals surface area contributed by atoms with Gasteiger partial charge in [-0.05, 0) is 31.5 Å². The molecule has 1 atom stereocenters. The Labute approximate surface area is 139 Å². The number of carbonyl (C=O) groups excluding carboxylic acids is 2. The summed E-state index contributed by atoms with van der Waals surface area (Å²) >= 11 is 0. The molecule has 1 aromatic carbocycles. The predicted octanol–water partition coefficient (Wildman–Crippen LogP) is 1.93. The van der Waals surface area contributed by atoms with Gasteiger partial charge in [0.25, 0.3) is 0 Å². The lowest BCUT2D eigenvalue weighted by Gasteiger charge is -2.24. The lowest BCUT2D eigenvalue weighted by atomic mass is 9.86. The zero-order valence-corrected chi connectivity index (χ0v) is 13.6. The van der Waals surface area contributed by atoms with E-state index in [1.54, 1.807) is 25.1 Å². The summed E-state index contributed by atoms with van der Waals surface area (Å²) in [4.78, 5) is 23.9. The topological polar surface area (TPSA) is 93.5 Å². The van der Waals surface area contributed by atoms with Crippen LogP contribution >= 0.6 is 0 Å². The van der Waals surface area contributed by atoms with Gasteiger partial charge in [-0.3, -0.25) is 9.59 Å². The summed E-state index contributed by atoms with van der Waals surface area (Å²) in [6, 6.07) is 6.85. The molecule has 126 valence electrons. The number of hydrogen-bond donors (Lipinski definition) is 2. The molecular weight excluding hydrogens is 310 g/mol. The highest BCUT2D eigenvalue weighted by molar-refractivity contribution is 5.95. The first-order chi connectivity index (χ1) is 11.5. The molecule has 24 heavy (non-hydrogen) atoms. The number of hydrogen-bond acceptors (Lipinski definition) is 5. The smallest absolute Gasteiger partial charge is 0.327 e. The minimum Gasteiger partial charge on any atom is -0.508 e. The molecular formula is C17H19N3O4. The highest BCUT2D eigenvalue weighted by atomic mass is 16.5. The summed E-state index contributed by atoms with van der Waals surface area (Å²) in [5.41, 5.74) is 2.44. The first kappa shape index (κ1) is 16.0. The van der Waals surface area contributed by atoms with E-state index in [9.17, 15) is 14.7 Å². The molecule has 1 aromatic heterocycles. The van der Waals surface area contributed by atoms with E-state index in [-0.39, 0.29) is 30.5 Å². The molecule has 0 unspecified atom stereocenters. The van der Waals surface area contributed by atoms with Gasteiger partial charge in [0.05, 0.1) is 12.3 Å². The van der Waals surface area contributed by atoms with Gasteiger partial charge < -0.3 is 15.2 Å². The second-order valence-electron chi connectivity index (χ2n) is 5.71. The Morgan fingerprint density at radius 1 is 1.50 bits per heavy atom. The third-order valence-corrected chi connectivity index (χ3v) is 4.03. The molecule has 0 radical (unpaired) electrons. The number of anilines is 1. The number of esters is 1. The van der Waals surface area contributed by atoms with Gasteiger partial charge in [-0.2, -0.15) is 5.10 Å². The molecule has 0 spiro atoms. The number of aromatic hydroxyl groups is 1. The normalized spacial score (nSPS) is 16.4. The summed E-state index contributed by atoms with van der Waals surface area (Å²) in [5.74, 6) is -0.101. The Bertz CT molecular complexity index is 797. The fraction of sp³-hybridized carbons (Fsp3) is 0.353. The summed E-state index contributed by atoms with van der Waals surface area (Å²) in [5, 5.41) is 16.9. The quantitative estimate of drug-likeness (QED) is 0.836. The summed E-state index contributed by atoms with van der Waals surface area (Å²) < 4.78 is 6.42. The molecule has 7 nitrogen and oxygen atoms in total. The number of nitrogens with one attached hydrogen (secondary N) is 1. The summed E-state index contributed by atoms with van der Waals surface area (Å²) in [6.45, 7) is 3.81. The van der Waals surface area contributed by atoms with E-state index in [0.717, 1.165) is 16.8 Å². The Kier molecular flexibility index (Phi) is 4.24. The highest BCUT2D eigenvalue weighted by Gasteiger charge is 2.32. The van der Waals surface area contributed by atoms with Crippen LogP contribution in [-0.2, 0) is 20.9 Å². The number of rotatable bonds is 4. The van der Waals surface area contributed by atoms with E-state index in [1.807, 2.05) is 13.0 Å². The molecule has 0 fully saturated rings. The highest BCUT2D eigenvalue weighted by Crippen LogP contribution is 2.39. The molecule has 2 aromatic rings. The van der Waals surface area contributed by atoms with E-state index in [2.05, 4.69) is 10.4 Å². The van der Waals surface area contributed by atoms with Crippen molar-refractivity contribution in [1.29, 1.82) is 0 Å². The van der Waals surface area contributed by atoms with Crippen LogP contribution in [0.15, 0.2) is 24.3 Å². The molecule has 0 saturated heterocycles. The predicted molar refractivity (Wildman–Crippen MR) is 86.8 cm³/mol. The maximum Gasteiger partial charge on any atom is 0.327 e. The summed E-state index contributed by atoms with van der Waals surface area (Å²) in [6.07, 6.45) is 0.266. The zero-order chi connectivity index (χ0) is 17.3. The van der Waals surface area contributed by atoms with Gasteiger partial charge >= 0.3 is 5.97 Å². The standard InChI is InChI=1S/C17H19N3O4/c1-3-24-15(23)9-20-17-16(10(2)19-20)13(8-14(22)18-17)11-5-4-6-12(21)7-11/h4-7,13,21H,3,8-9H2,1-2H3,(H,18,22)/t13-/m1/s1. The van der Waals surface area contributed by atoms with E-state index >= 15 is 0 Å². The van der Waals surface area contributed by atoms with E-state index in [0.29, 0.717) is 12.4 Å². The second-order valence-corrected chi connectivity index (χ2v) is 5.71. The van der Waals surface area contributed by atoms with Crippen LogP contribution in [0.4, 0.5) is 5.82 Å². The molecule has 7 heteroatoms. The van der Waals surface area contributed by atoms with Crippen molar-refractivity contribution in [2.45, 2.75) is 32.7 Å².